The number of rotatable bonds is 29. The number of allylic oxidation sites excluding steroid dienone is 2. The molecule has 0 aliphatic rings. The normalized spacial score (nSPS) is 12.0. The molecule has 0 saturated heterocycles. The molecule has 0 aliphatic heterocycles. The maximum absolute atomic E-state index is 8.90. The van der Waals surface area contributed by atoms with Crippen molar-refractivity contribution >= 4 is 0 Å². The van der Waals surface area contributed by atoms with Crippen molar-refractivity contribution in [2.24, 2.45) is 0 Å². The van der Waals surface area contributed by atoms with Crippen LogP contribution in [0.25, 0.3) is 0 Å². The van der Waals surface area contributed by atoms with Gasteiger partial charge in [0.15, 0.2) is 0 Å². The van der Waals surface area contributed by atoms with Crippen LogP contribution >= 0.6 is 0 Å². The van der Waals surface area contributed by atoms with Gasteiger partial charge in [0.2, 0.25) is 0 Å². The van der Waals surface area contributed by atoms with Gasteiger partial charge >= 0.3 is 0 Å². The van der Waals surface area contributed by atoms with E-state index >= 15 is 0 Å². The summed E-state index contributed by atoms with van der Waals surface area (Å²) in [5.74, 6) is 0. The van der Waals surface area contributed by atoms with E-state index in [2.05, 4.69) is 13.0 Å². The quantitative estimate of drug-likeness (QED) is 0.0825. The second-order valence-corrected chi connectivity index (χ2v) is 10.7. The molecule has 2 nitrogen and oxygen atoms in total. The minimum atomic E-state index is 0.359. The minimum Gasteiger partial charge on any atom is -0.396 e. The van der Waals surface area contributed by atoms with Crippen LogP contribution in [0.5, 0.6) is 0 Å². The molecule has 0 aromatic heterocycles. The first kappa shape index (κ1) is 33.7. The number of aliphatic hydroxyl groups excluding tert-OH is 2. The molecule has 2 heteroatoms. The summed E-state index contributed by atoms with van der Waals surface area (Å²) in [4.78, 5) is 0. The van der Waals surface area contributed by atoms with Gasteiger partial charge in [0.1, 0.15) is 0 Å². The highest BCUT2D eigenvalue weighted by Crippen LogP contribution is 2.20. The number of unbranched alkanes of at least 4 members (excludes halogenated alkanes) is 22. The maximum atomic E-state index is 8.90. The Kier molecular flexibility index (Phi) is 30.4. The Morgan fingerprint density at radius 1 is 0.412 bits per heavy atom. The molecule has 0 atom stereocenters. The molecule has 0 aliphatic carbocycles. The van der Waals surface area contributed by atoms with Crippen LogP contribution in [0.2, 0.25) is 0 Å². The van der Waals surface area contributed by atoms with E-state index in [1.807, 2.05) is 0 Å². The molecule has 2 N–H and O–H groups in total. The molecule has 0 rings (SSSR count). The van der Waals surface area contributed by atoms with Crippen LogP contribution in [-0.4, -0.2) is 23.4 Å². The van der Waals surface area contributed by atoms with Gasteiger partial charge < -0.3 is 10.2 Å². The predicted molar refractivity (Wildman–Crippen MR) is 153 cm³/mol. The summed E-state index contributed by atoms with van der Waals surface area (Å²) < 4.78 is 0. The Labute approximate surface area is 215 Å². The summed E-state index contributed by atoms with van der Waals surface area (Å²) in [5.41, 5.74) is 1.75. The van der Waals surface area contributed by atoms with Crippen LogP contribution in [0.4, 0.5) is 0 Å². The molecule has 0 saturated carbocycles. The lowest BCUT2D eigenvalue weighted by molar-refractivity contribution is 0.282. The van der Waals surface area contributed by atoms with Gasteiger partial charge in [-0.25, -0.2) is 0 Å². The van der Waals surface area contributed by atoms with E-state index < -0.39 is 0 Å². The van der Waals surface area contributed by atoms with E-state index in [0.717, 1.165) is 12.8 Å². The average molecular weight is 481 g/mol. The standard InChI is InChI=1S/C32H64O2/c1-2-3-4-17-22-27-32(29-24-19-14-16-21-26-31-34)28-23-18-13-11-9-7-5-6-8-10-12-15-20-25-30-33/h27,33-34H,2-26,28-31H2,1H3. The molecule has 204 valence electrons. The lowest BCUT2D eigenvalue weighted by Gasteiger charge is -2.09. The second-order valence-electron chi connectivity index (χ2n) is 10.7. The Bertz CT molecular complexity index is 390. The zero-order valence-corrected chi connectivity index (χ0v) is 23.5. The fourth-order valence-electron chi connectivity index (χ4n) is 4.96. The van der Waals surface area contributed by atoms with Crippen molar-refractivity contribution in [2.75, 3.05) is 13.2 Å². The SMILES string of the molecule is CCCCCCC=C(CCCCCCCCO)CCCCCCCCCCCCCCCCO. The number of hydrogen-bond acceptors (Lipinski definition) is 2. The van der Waals surface area contributed by atoms with Gasteiger partial charge in [0.05, 0.1) is 0 Å². The van der Waals surface area contributed by atoms with Crippen molar-refractivity contribution in [3.63, 3.8) is 0 Å². The molecule has 0 aromatic carbocycles. The van der Waals surface area contributed by atoms with E-state index in [1.54, 1.807) is 5.57 Å². The Morgan fingerprint density at radius 3 is 1.09 bits per heavy atom. The molecule has 0 unspecified atom stereocenters. The topological polar surface area (TPSA) is 40.5 Å². The molecule has 0 radical (unpaired) electrons. The number of aliphatic hydroxyl groups is 2. The van der Waals surface area contributed by atoms with E-state index in [1.165, 1.54) is 161 Å². The molecule has 0 amide bonds. The van der Waals surface area contributed by atoms with Crippen molar-refractivity contribution in [3.05, 3.63) is 11.6 Å². The molecule has 0 bridgehead atoms. The van der Waals surface area contributed by atoms with Gasteiger partial charge in [-0.2, -0.15) is 0 Å². The van der Waals surface area contributed by atoms with Gasteiger partial charge in [0.25, 0.3) is 0 Å². The summed E-state index contributed by atoms with van der Waals surface area (Å²) in [5, 5.41) is 17.7. The van der Waals surface area contributed by atoms with Crippen LogP contribution in [0.1, 0.15) is 180 Å². The first-order chi connectivity index (χ1) is 16.8. The Morgan fingerprint density at radius 2 is 0.735 bits per heavy atom. The van der Waals surface area contributed by atoms with Crippen molar-refractivity contribution in [2.45, 2.75) is 180 Å². The largest absolute Gasteiger partial charge is 0.396 e. The van der Waals surface area contributed by atoms with Gasteiger partial charge in [-0.1, -0.05) is 141 Å². The highest BCUT2D eigenvalue weighted by Gasteiger charge is 2.01. The zero-order valence-electron chi connectivity index (χ0n) is 23.5. The zero-order chi connectivity index (χ0) is 24.8. The highest BCUT2D eigenvalue weighted by atomic mass is 16.3. The van der Waals surface area contributed by atoms with Crippen LogP contribution in [-0.2, 0) is 0 Å². The summed E-state index contributed by atoms with van der Waals surface area (Å²) in [7, 11) is 0. The number of hydrogen-bond donors (Lipinski definition) is 2. The molecule has 0 aromatic rings. The monoisotopic (exact) mass is 480 g/mol. The lowest BCUT2D eigenvalue weighted by Crippen LogP contribution is -1.89. The van der Waals surface area contributed by atoms with Crippen LogP contribution < -0.4 is 0 Å². The molecule has 0 spiro atoms. The summed E-state index contributed by atoms with van der Waals surface area (Å²) >= 11 is 0. The fourth-order valence-corrected chi connectivity index (χ4v) is 4.96. The highest BCUT2D eigenvalue weighted by molar-refractivity contribution is 5.01. The summed E-state index contributed by atoms with van der Waals surface area (Å²) in [6.07, 6.45) is 38.7. The van der Waals surface area contributed by atoms with Crippen molar-refractivity contribution in [1.29, 1.82) is 0 Å². The van der Waals surface area contributed by atoms with Crippen molar-refractivity contribution in [3.8, 4) is 0 Å². The molecule has 0 fully saturated rings. The Balaban J connectivity index is 3.70. The minimum absolute atomic E-state index is 0.359. The first-order valence-corrected chi connectivity index (χ1v) is 15.7. The second kappa shape index (κ2) is 30.7. The molecule has 34 heavy (non-hydrogen) atoms. The Hall–Kier alpha value is -0.340. The lowest BCUT2D eigenvalue weighted by atomic mass is 9.97. The molecule has 0 heterocycles. The molecular formula is C32H64O2. The third-order valence-electron chi connectivity index (χ3n) is 7.30. The van der Waals surface area contributed by atoms with E-state index in [0.29, 0.717) is 13.2 Å². The van der Waals surface area contributed by atoms with Crippen LogP contribution in [0.15, 0.2) is 11.6 Å². The third kappa shape index (κ3) is 27.9. The average Bonchev–Trinajstić information content (AvgIpc) is 2.85. The molecular weight excluding hydrogens is 416 g/mol. The summed E-state index contributed by atoms with van der Waals surface area (Å²) in [6.45, 7) is 3.02. The first-order valence-electron chi connectivity index (χ1n) is 15.7. The maximum Gasteiger partial charge on any atom is 0.0431 e. The van der Waals surface area contributed by atoms with Gasteiger partial charge in [-0.15, -0.1) is 0 Å². The van der Waals surface area contributed by atoms with Gasteiger partial charge in [0, 0.05) is 13.2 Å². The summed E-state index contributed by atoms with van der Waals surface area (Å²) in [6, 6.07) is 0. The van der Waals surface area contributed by atoms with E-state index in [4.69, 9.17) is 10.2 Å². The van der Waals surface area contributed by atoms with Gasteiger partial charge in [-0.05, 0) is 51.4 Å². The van der Waals surface area contributed by atoms with Crippen LogP contribution in [0.3, 0.4) is 0 Å². The third-order valence-corrected chi connectivity index (χ3v) is 7.30. The fraction of sp³-hybridized carbons (Fsp3) is 0.938. The smallest absolute Gasteiger partial charge is 0.0431 e. The van der Waals surface area contributed by atoms with Crippen molar-refractivity contribution in [1.82, 2.24) is 0 Å². The van der Waals surface area contributed by atoms with E-state index in [9.17, 15) is 0 Å². The predicted octanol–water partition coefficient (Wildman–Crippen LogP) is 10.4. The van der Waals surface area contributed by atoms with Crippen LogP contribution in [0, 0.1) is 0 Å². The van der Waals surface area contributed by atoms with Crippen molar-refractivity contribution < 1.29 is 10.2 Å². The van der Waals surface area contributed by atoms with Gasteiger partial charge in [-0.3, -0.25) is 0 Å². The van der Waals surface area contributed by atoms with E-state index in [-0.39, 0.29) is 0 Å².